The third-order valence-corrected chi connectivity index (χ3v) is 2.92. The molecule has 0 bridgehead atoms. The van der Waals surface area contributed by atoms with Crippen LogP contribution >= 0.6 is 0 Å². The van der Waals surface area contributed by atoms with Crippen LogP contribution in [0.2, 0.25) is 0 Å². The first-order valence-corrected chi connectivity index (χ1v) is 6.33. The fraction of sp³-hybridized carbons (Fsp3) is 0.833. The predicted octanol–water partition coefficient (Wildman–Crippen LogP) is 0.586. The summed E-state index contributed by atoms with van der Waals surface area (Å²) in [5.74, 6) is -0.542. The van der Waals surface area contributed by atoms with Crippen molar-refractivity contribution in [3.63, 3.8) is 0 Å². The van der Waals surface area contributed by atoms with Crippen LogP contribution < -0.4 is 10.6 Å². The van der Waals surface area contributed by atoms with E-state index in [0.717, 1.165) is 12.8 Å². The molecule has 0 aromatic rings. The van der Waals surface area contributed by atoms with Gasteiger partial charge in [0.15, 0.2) is 0 Å². The van der Waals surface area contributed by atoms with E-state index in [2.05, 4.69) is 10.6 Å². The molecule has 1 unspecified atom stereocenters. The van der Waals surface area contributed by atoms with Crippen molar-refractivity contribution in [3.05, 3.63) is 0 Å². The van der Waals surface area contributed by atoms with Gasteiger partial charge in [-0.15, -0.1) is 0 Å². The number of ether oxygens (including phenoxy) is 1. The molecule has 1 atom stereocenters. The first-order chi connectivity index (χ1) is 8.13. The van der Waals surface area contributed by atoms with Crippen molar-refractivity contribution in [2.75, 3.05) is 13.2 Å². The minimum atomic E-state index is -0.576. The van der Waals surface area contributed by atoms with E-state index < -0.39 is 6.04 Å². The molecule has 5 heteroatoms. The first-order valence-electron chi connectivity index (χ1n) is 6.33. The lowest BCUT2D eigenvalue weighted by Gasteiger charge is -2.15. The van der Waals surface area contributed by atoms with Gasteiger partial charge in [-0.25, -0.2) is 4.79 Å². The van der Waals surface area contributed by atoms with Gasteiger partial charge in [-0.3, -0.25) is 4.79 Å². The average Bonchev–Trinajstić information content (AvgIpc) is 2.79. The zero-order valence-electron chi connectivity index (χ0n) is 10.6. The van der Waals surface area contributed by atoms with E-state index in [1.807, 2.05) is 0 Å². The molecule has 1 aliphatic rings. The van der Waals surface area contributed by atoms with E-state index >= 15 is 0 Å². The molecular weight excluding hydrogens is 220 g/mol. The van der Waals surface area contributed by atoms with Crippen LogP contribution in [0.4, 0.5) is 0 Å². The van der Waals surface area contributed by atoms with Gasteiger partial charge >= 0.3 is 5.97 Å². The lowest BCUT2D eigenvalue weighted by Crippen LogP contribution is -2.45. The molecule has 1 fully saturated rings. The third-order valence-electron chi connectivity index (χ3n) is 2.92. The Kier molecular flexibility index (Phi) is 5.97. The van der Waals surface area contributed by atoms with Crippen molar-refractivity contribution in [2.24, 2.45) is 0 Å². The third kappa shape index (κ3) is 5.17. The fourth-order valence-corrected chi connectivity index (χ4v) is 1.99. The second kappa shape index (κ2) is 7.27. The Hall–Kier alpha value is -1.10. The molecule has 1 saturated carbocycles. The van der Waals surface area contributed by atoms with E-state index in [-0.39, 0.29) is 18.4 Å². The summed E-state index contributed by atoms with van der Waals surface area (Å²) in [6.45, 7) is 3.98. The molecule has 0 aliphatic heterocycles. The van der Waals surface area contributed by atoms with Crippen molar-refractivity contribution in [1.29, 1.82) is 0 Å². The largest absolute Gasteiger partial charge is 0.464 e. The molecule has 1 amide bonds. The highest BCUT2D eigenvalue weighted by Gasteiger charge is 2.18. The standard InChI is InChI=1S/C12H22N2O3/c1-3-17-12(16)9(2)14-11(15)8-13-10-6-4-5-7-10/h9-10,13H,3-8H2,1-2H3,(H,14,15). The molecule has 0 spiro atoms. The van der Waals surface area contributed by atoms with Crippen molar-refractivity contribution >= 4 is 11.9 Å². The minimum absolute atomic E-state index is 0.155. The molecule has 0 aromatic carbocycles. The molecule has 17 heavy (non-hydrogen) atoms. The van der Waals surface area contributed by atoms with Crippen molar-refractivity contribution in [3.8, 4) is 0 Å². The van der Waals surface area contributed by atoms with Crippen LogP contribution in [-0.4, -0.2) is 37.1 Å². The van der Waals surface area contributed by atoms with E-state index in [1.165, 1.54) is 12.8 Å². The highest BCUT2D eigenvalue weighted by molar-refractivity contribution is 5.85. The Balaban J connectivity index is 2.17. The highest BCUT2D eigenvalue weighted by Crippen LogP contribution is 2.17. The molecular formula is C12H22N2O3. The summed E-state index contributed by atoms with van der Waals surface area (Å²) in [5.41, 5.74) is 0. The Morgan fingerprint density at radius 3 is 2.59 bits per heavy atom. The van der Waals surface area contributed by atoms with Crippen molar-refractivity contribution in [2.45, 2.75) is 51.6 Å². The summed E-state index contributed by atoms with van der Waals surface area (Å²) in [6.07, 6.45) is 4.75. The summed E-state index contributed by atoms with van der Waals surface area (Å²) in [7, 11) is 0. The maximum absolute atomic E-state index is 11.5. The Bertz CT molecular complexity index is 262. The molecule has 5 nitrogen and oxygen atoms in total. The fourth-order valence-electron chi connectivity index (χ4n) is 1.99. The van der Waals surface area contributed by atoms with Gasteiger partial charge in [0.25, 0.3) is 0 Å². The molecule has 2 N–H and O–H groups in total. The molecule has 1 aliphatic carbocycles. The van der Waals surface area contributed by atoms with E-state index in [9.17, 15) is 9.59 Å². The number of hydrogen-bond acceptors (Lipinski definition) is 4. The summed E-state index contributed by atoms with van der Waals surface area (Å²) >= 11 is 0. The number of carbonyl (C=O) groups is 2. The highest BCUT2D eigenvalue weighted by atomic mass is 16.5. The van der Waals surface area contributed by atoms with Crippen LogP contribution in [0.5, 0.6) is 0 Å². The van der Waals surface area contributed by atoms with E-state index in [4.69, 9.17) is 4.74 Å². The van der Waals surface area contributed by atoms with Crippen molar-refractivity contribution in [1.82, 2.24) is 10.6 Å². The summed E-state index contributed by atoms with van der Waals surface area (Å²) in [4.78, 5) is 22.8. The van der Waals surface area contributed by atoms with E-state index in [0.29, 0.717) is 12.6 Å². The van der Waals surface area contributed by atoms with Crippen LogP contribution in [0, 0.1) is 0 Å². The average molecular weight is 242 g/mol. The number of amides is 1. The second-order valence-corrected chi connectivity index (χ2v) is 4.40. The van der Waals surface area contributed by atoms with Crippen LogP contribution in [0.3, 0.4) is 0 Å². The number of rotatable bonds is 6. The molecule has 1 rings (SSSR count). The van der Waals surface area contributed by atoms with Gasteiger partial charge in [0.1, 0.15) is 6.04 Å². The Morgan fingerprint density at radius 1 is 1.35 bits per heavy atom. The number of hydrogen-bond donors (Lipinski definition) is 2. The van der Waals surface area contributed by atoms with Gasteiger partial charge in [0.2, 0.25) is 5.91 Å². The maximum atomic E-state index is 11.5. The van der Waals surface area contributed by atoms with Gasteiger partial charge in [-0.2, -0.15) is 0 Å². The summed E-state index contributed by atoms with van der Waals surface area (Å²) < 4.78 is 4.81. The van der Waals surface area contributed by atoms with Gasteiger partial charge in [0.05, 0.1) is 13.2 Å². The molecule has 0 heterocycles. The molecule has 0 saturated heterocycles. The lowest BCUT2D eigenvalue weighted by atomic mass is 10.2. The monoisotopic (exact) mass is 242 g/mol. The smallest absolute Gasteiger partial charge is 0.328 e. The molecule has 98 valence electrons. The van der Waals surface area contributed by atoms with Crippen LogP contribution in [0.25, 0.3) is 0 Å². The van der Waals surface area contributed by atoms with Crippen LogP contribution in [-0.2, 0) is 14.3 Å². The summed E-state index contributed by atoms with van der Waals surface area (Å²) in [5, 5.41) is 5.81. The maximum Gasteiger partial charge on any atom is 0.328 e. The van der Waals surface area contributed by atoms with Crippen LogP contribution in [0.15, 0.2) is 0 Å². The number of esters is 1. The quantitative estimate of drug-likeness (QED) is 0.669. The Morgan fingerprint density at radius 2 is 2.00 bits per heavy atom. The zero-order chi connectivity index (χ0) is 12.7. The van der Waals surface area contributed by atoms with Gasteiger partial charge < -0.3 is 15.4 Å². The SMILES string of the molecule is CCOC(=O)C(C)NC(=O)CNC1CCCC1. The molecule has 0 radical (unpaired) electrons. The predicted molar refractivity (Wildman–Crippen MR) is 64.5 cm³/mol. The van der Waals surface area contributed by atoms with Gasteiger partial charge in [-0.05, 0) is 26.7 Å². The van der Waals surface area contributed by atoms with Gasteiger partial charge in [-0.1, -0.05) is 12.8 Å². The lowest BCUT2D eigenvalue weighted by molar-refractivity contribution is -0.146. The Labute approximate surface area is 102 Å². The van der Waals surface area contributed by atoms with E-state index in [1.54, 1.807) is 13.8 Å². The normalized spacial score (nSPS) is 17.8. The number of nitrogens with one attached hydrogen (secondary N) is 2. The molecule has 0 aromatic heterocycles. The first kappa shape index (κ1) is 14.0. The number of carbonyl (C=O) groups excluding carboxylic acids is 2. The van der Waals surface area contributed by atoms with Gasteiger partial charge in [0, 0.05) is 6.04 Å². The topological polar surface area (TPSA) is 67.4 Å². The second-order valence-electron chi connectivity index (χ2n) is 4.40. The summed E-state index contributed by atoms with van der Waals surface area (Å²) in [6, 6.07) is -0.119. The zero-order valence-corrected chi connectivity index (χ0v) is 10.6. The minimum Gasteiger partial charge on any atom is -0.464 e. The van der Waals surface area contributed by atoms with Crippen LogP contribution in [0.1, 0.15) is 39.5 Å². The van der Waals surface area contributed by atoms with Crippen molar-refractivity contribution < 1.29 is 14.3 Å².